The highest BCUT2D eigenvalue weighted by molar-refractivity contribution is 7.91. The monoisotopic (exact) mass is 356 g/mol. The van der Waals surface area contributed by atoms with E-state index in [1.807, 2.05) is 0 Å². The second-order valence-corrected chi connectivity index (χ2v) is 6.90. The van der Waals surface area contributed by atoms with Gasteiger partial charge < -0.3 is 10.0 Å². The van der Waals surface area contributed by atoms with E-state index in [1.54, 1.807) is 0 Å². The Morgan fingerprint density at radius 2 is 1.95 bits per heavy atom. The Morgan fingerprint density at radius 1 is 1.36 bits per heavy atom. The fourth-order valence-electron chi connectivity index (χ4n) is 2.06. The van der Waals surface area contributed by atoms with Crippen LogP contribution in [0.4, 0.5) is 13.2 Å². The van der Waals surface area contributed by atoms with E-state index in [-0.39, 0.29) is 21.4 Å². The Balaban J connectivity index is 2.71. The molecule has 1 heterocycles. The molecule has 0 saturated carbocycles. The first-order valence-corrected chi connectivity index (χ1v) is 7.78. The molecular formula is C10H9BClF3N2O4S. The first-order valence-electron chi connectivity index (χ1n) is 5.75. The average Bonchev–Trinajstić information content (AvgIpc) is 2.65. The number of alkyl halides is 3. The maximum Gasteiger partial charge on any atom is 0.497 e. The molecule has 2 rings (SSSR count). The van der Waals surface area contributed by atoms with Gasteiger partial charge in [-0.15, -0.1) is 0 Å². The van der Waals surface area contributed by atoms with Crippen LogP contribution in [0, 0.1) is 0 Å². The number of halogens is 4. The van der Waals surface area contributed by atoms with E-state index in [0.29, 0.717) is 0 Å². The number of sulfone groups is 1. The molecule has 120 valence electrons. The van der Waals surface area contributed by atoms with Gasteiger partial charge in [0.15, 0.2) is 0 Å². The number of aryl methyl sites for hydroxylation is 1. The maximum absolute atomic E-state index is 12.5. The van der Waals surface area contributed by atoms with Crippen LogP contribution < -0.4 is 5.46 Å². The smallest absolute Gasteiger partial charge is 0.423 e. The Hall–Kier alpha value is -1.30. The zero-order valence-corrected chi connectivity index (χ0v) is 12.5. The number of aromatic nitrogens is 2. The van der Waals surface area contributed by atoms with E-state index in [4.69, 9.17) is 11.6 Å². The van der Waals surface area contributed by atoms with Gasteiger partial charge in [0.1, 0.15) is 5.75 Å². The van der Waals surface area contributed by atoms with Gasteiger partial charge in [-0.25, -0.2) is 8.42 Å². The molecule has 0 aliphatic rings. The Kier molecular flexibility index (Phi) is 4.19. The minimum Gasteiger partial charge on any atom is -0.423 e. The van der Waals surface area contributed by atoms with Gasteiger partial charge in [-0.05, 0) is 6.07 Å². The molecule has 0 aliphatic carbocycles. The number of hydrogen-bond acceptors (Lipinski definition) is 5. The molecule has 0 atom stereocenters. The number of fused-ring (bicyclic) bond motifs is 1. The van der Waals surface area contributed by atoms with Crippen molar-refractivity contribution in [2.24, 2.45) is 7.05 Å². The van der Waals surface area contributed by atoms with Crippen molar-refractivity contribution in [2.45, 2.75) is 11.3 Å². The highest BCUT2D eigenvalue weighted by Gasteiger charge is 2.46. The molecule has 0 unspecified atom stereocenters. The molecule has 6 nitrogen and oxygen atoms in total. The Labute approximate surface area is 128 Å². The van der Waals surface area contributed by atoms with Crippen molar-refractivity contribution in [1.82, 2.24) is 9.78 Å². The number of hydrogen-bond donors (Lipinski definition) is 2. The van der Waals surface area contributed by atoms with E-state index < -0.39 is 33.9 Å². The summed E-state index contributed by atoms with van der Waals surface area (Å²) in [5, 5.41) is 22.2. The summed E-state index contributed by atoms with van der Waals surface area (Å²) in [5.41, 5.74) is -5.83. The van der Waals surface area contributed by atoms with E-state index in [1.165, 1.54) is 19.2 Å². The summed E-state index contributed by atoms with van der Waals surface area (Å²) in [7, 11) is -6.03. The first kappa shape index (κ1) is 17.1. The maximum atomic E-state index is 12.5. The van der Waals surface area contributed by atoms with Gasteiger partial charge in [0.2, 0.25) is 0 Å². The molecule has 0 saturated heterocycles. The van der Waals surface area contributed by atoms with Gasteiger partial charge in [0.05, 0.1) is 16.2 Å². The minimum atomic E-state index is -5.44. The lowest BCUT2D eigenvalue weighted by Gasteiger charge is -2.07. The number of benzene rings is 1. The highest BCUT2D eigenvalue weighted by Crippen LogP contribution is 2.31. The van der Waals surface area contributed by atoms with Crippen molar-refractivity contribution >= 4 is 44.9 Å². The summed E-state index contributed by atoms with van der Waals surface area (Å²) in [5.74, 6) is -1.39. The molecule has 0 amide bonds. The summed E-state index contributed by atoms with van der Waals surface area (Å²) >= 11 is 5.90. The van der Waals surface area contributed by atoms with E-state index >= 15 is 0 Å². The highest BCUT2D eigenvalue weighted by atomic mass is 35.5. The lowest BCUT2D eigenvalue weighted by atomic mass is 9.79. The van der Waals surface area contributed by atoms with Crippen LogP contribution in [0.1, 0.15) is 5.69 Å². The standard InChI is InChI=1S/C10H9BClF3N2O4S/c1-17-9-5(11(18)19)2-3-6(12)8(9)7(16-17)4-22(20,21)10(13,14)15/h2-3,18-19H,4H2,1H3. The fourth-order valence-corrected chi connectivity index (χ4v) is 3.05. The van der Waals surface area contributed by atoms with Crippen molar-refractivity contribution in [2.75, 3.05) is 0 Å². The second-order valence-electron chi connectivity index (χ2n) is 4.51. The predicted molar refractivity (Wildman–Crippen MR) is 74.2 cm³/mol. The minimum absolute atomic E-state index is 0.0418. The first-order chi connectivity index (χ1) is 9.95. The van der Waals surface area contributed by atoms with Crippen LogP contribution in [0.5, 0.6) is 0 Å². The molecule has 2 N–H and O–H groups in total. The predicted octanol–water partition coefficient (Wildman–Crippen LogP) is 0.341. The molecule has 0 fully saturated rings. The quantitative estimate of drug-likeness (QED) is 0.774. The summed E-state index contributed by atoms with van der Waals surface area (Å²) in [4.78, 5) is 0. The molecular weight excluding hydrogens is 347 g/mol. The zero-order valence-electron chi connectivity index (χ0n) is 11.0. The van der Waals surface area contributed by atoms with Gasteiger partial charge in [0, 0.05) is 17.9 Å². The largest absolute Gasteiger partial charge is 0.497 e. The van der Waals surface area contributed by atoms with E-state index in [2.05, 4.69) is 5.10 Å². The van der Waals surface area contributed by atoms with Crippen molar-refractivity contribution in [1.29, 1.82) is 0 Å². The normalized spacial score (nSPS) is 12.9. The average molecular weight is 357 g/mol. The van der Waals surface area contributed by atoms with Gasteiger partial charge in [-0.1, -0.05) is 17.7 Å². The lowest BCUT2D eigenvalue weighted by molar-refractivity contribution is -0.0437. The topological polar surface area (TPSA) is 92.4 Å². The number of nitrogens with zero attached hydrogens (tertiary/aromatic N) is 2. The molecule has 12 heteroatoms. The molecule has 0 bridgehead atoms. The third kappa shape index (κ3) is 2.81. The molecule has 1 aromatic heterocycles. The van der Waals surface area contributed by atoms with Crippen LogP contribution in [0.25, 0.3) is 10.9 Å². The summed E-state index contributed by atoms with van der Waals surface area (Å²) < 4.78 is 61.1. The van der Waals surface area contributed by atoms with E-state index in [0.717, 1.165) is 4.68 Å². The van der Waals surface area contributed by atoms with Gasteiger partial charge in [0.25, 0.3) is 9.84 Å². The summed E-state index contributed by atoms with van der Waals surface area (Å²) in [6.07, 6.45) is 0. The van der Waals surface area contributed by atoms with Crippen molar-refractivity contribution < 1.29 is 31.6 Å². The second kappa shape index (κ2) is 5.41. The van der Waals surface area contributed by atoms with Crippen LogP contribution in [0.15, 0.2) is 12.1 Å². The fraction of sp³-hybridized carbons (Fsp3) is 0.300. The van der Waals surface area contributed by atoms with Crippen LogP contribution in [0.2, 0.25) is 5.02 Å². The molecule has 1 aromatic carbocycles. The van der Waals surface area contributed by atoms with Gasteiger partial charge in [-0.3, -0.25) is 4.68 Å². The molecule has 0 spiro atoms. The number of rotatable bonds is 3. The van der Waals surface area contributed by atoms with E-state index in [9.17, 15) is 31.6 Å². The SMILES string of the molecule is Cn1nc(CS(=O)(=O)C(F)(F)F)c2c(Cl)ccc(B(O)O)c21. The van der Waals surface area contributed by atoms with Crippen molar-refractivity contribution in [3.63, 3.8) is 0 Å². The van der Waals surface area contributed by atoms with Crippen LogP contribution in [-0.2, 0) is 22.6 Å². The molecule has 0 radical (unpaired) electrons. The Morgan fingerprint density at radius 3 is 2.45 bits per heavy atom. The van der Waals surface area contributed by atoms with Crippen molar-refractivity contribution in [3.05, 3.63) is 22.8 Å². The van der Waals surface area contributed by atoms with Crippen molar-refractivity contribution in [3.8, 4) is 0 Å². The lowest BCUT2D eigenvalue weighted by Crippen LogP contribution is -2.31. The third-order valence-corrected chi connectivity index (χ3v) is 4.67. The van der Waals surface area contributed by atoms with Gasteiger partial charge >= 0.3 is 12.6 Å². The van der Waals surface area contributed by atoms with Crippen LogP contribution in [0.3, 0.4) is 0 Å². The van der Waals surface area contributed by atoms with Crippen LogP contribution in [-0.4, -0.2) is 40.9 Å². The molecule has 22 heavy (non-hydrogen) atoms. The van der Waals surface area contributed by atoms with Crippen LogP contribution >= 0.6 is 11.6 Å². The summed E-state index contributed by atoms with van der Waals surface area (Å²) in [6.45, 7) is 0. The zero-order chi connectivity index (χ0) is 16.9. The molecule has 2 aromatic rings. The van der Waals surface area contributed by atoms with Gasteiger partial charge in [-0.2, -0.15) is 18.3 Å². The Bertz CT molecular complexity index is 835. The molecule has 0 aliphatic heterocycles. The third-order valence-electron chi connectivity index (χ3n) is 3.00. The summed E-state index contributed by atoms with van der Waals surface area (Å²) in [6, 6.07) is 2.49.